The molecular formula is C76H105B2Cl2F3N14O11. The minimum Gasteiger partial charge on any atom is -0.399 e. The van der Waals surface area contributed by atoms with Crippen molar-refractivity contribution in [3.8, 4) is 33.6 Å². The summed E-state index contributed by atoms with van der Waals surface area (Å²) in [5, 5.41) is 18.0. The van der Waals surface area contributed by atoms with Crippen LogP contribution in [0.2, 0.25) is 5.02 Å². The minimum absolute atomic E-state index is 0. The number of pyridine rings is 2. The van der Waals surface area contributed by atoms with Crippen LogP contribution < -0.4 is 42.4 Å². The number of morpholine rings is 2. The van der Waals surface area contributed by atoms with Gasteiger partial charge in [0.05, 0.1) is 90.9 Å². The number of nitrogens with two attached hydrogens (primary N) is 1. The number of alkyl halides is 3. The highest BCUT2D eigenvalue weighted by Gasteiger charge is 2.53. The van der Waals surface area contributed by atoms with Gasteiger partial charge in [-0.3, -0.25) is 14.1 Å². The second-order valence-corrected chi connectivity index (χ2v) is 30.2. The maximum atomic E-state index is 12.8. The number of amides is 4. The number of nitrogen functional groups attached to an aromatic ring is 1. The van der Waals surface area contributed by atoms with Crippen molar-refractivity contribution in [2.24, 2.45) is 14.1 Å². The fourth-order valence-corrected chi connectivity index (χ4v) is 13.0. The van der Waals surface area contributed by atoms with E-state index in [1.54, 1.807) is 39.6 Å². The van der Waals surface area contributed by atoms with E-state index >= 15 is 0 Å². The summed E-state index contributed by atoms with van der Waals surface area (Å²) < 4.78 is 87.6. The van der Waals surface area contributed by atoms with Gasteiger partial charge >= 0.3 is 32.7 Å². The van der Waals surface area contributed by atoms with Gasteiger partial charge < -0.3 is 78.8 Å². The number of halogens is 5. The molecule has 0 bridgehead atoms. The van der Waals surface area contributed by atoms with Gasteiger partial charge in [-0.2, -0.15) is 10.2 Å². The highest BCUT2D eigenvalue weighted by atomic mass is 35.5. The normalized spacial score (nSPS) is 20.5. The van der Waals surface area contributed by atoms with Crippen molar-refractivity contribution >= 4 is 89.9 Å². The first-order valence-electron chi connectivity index (χ1n) is 36.4. The fourth-order valence-electron chi connectivity index (χ4n) is 12.8. The lowest BCUT2D eigenvalue weighted by atomic mass is 9.76. The largest absolute Gasteiger partial charge is 0.522 e. The summed E-state index contributed by atoms with van der Waals surface area (Å²) in [5.41, 5.74) is 17.7. The van der Waals surface area contributed by atoms with Crippen LogP contribution in [0, 0.1) is 20.8 Å². The Morgan fingerprint density at radius 1 is 0.583 bits per heavy atom. The molecule has 4 amide bonds. The summed E-state index contributed by atoms with van der Waals surface area (Å²) in [4.78, 5) is 43.0. The predicted molar refractivity (Wildman–Crippen MR) is 420 cm³/mol. The number of urea groups is 2. The number of aromatic nitrogens is 6. The molecule has 3 atom stereocenters. The van der Waals surface area contributed by atoms with Gasteiger partial charge in [0.15, 0.2) is 0 Å². The Kier molecular flexibility index (Phi) is 28.5. The highest BCUT2D eigenvalue weighted by molar-refractivity contribution is 6.63. The van der Waals surface area contributed by atoms with Crippen LogP contribution in [0.15, 0.2) is 104 Å². The fraction of sp³-hybridized carbons (Fsp3) is 0.526. The van der Waals surface area contributed by atoms with Gasteiger partial charge in [-0.25, -0.2) is 19.6 Å². The third kappa shape index (κ3) is 22.1. The van der Waals surface area contributed by atoms with Crippen molar-refractivity contribution in [2.75, 3.05) is 132 Å². The number of rotatable bonds is 12. The van der Waals surface area contributed by atoms with E-state index in [0.29, 0.717) is 63.9 Å². The molecule has 7 saturated heterocycles. The Bertz CT molecular complexity index is 4130. The second-order valence-electron chi connectivity index (χ2n) is 29.7. The van der Waals surface area contributed by atoms with E-state index in [4.69, 9.17) is 59.9 Å². The lowest BCUT2D eigenvalue weighted by molar-refractivity contribution is -0.339. The maximum Gasteiger partial charge on any atom is 0.522 e. The van der Waals surface area contributed by atoms with Crippen LogP contribution >= 0.6 is 24.0 Å². The molecule has 11 heterocycles. The summed E-state index contributed by atoms with van der Waals surface area (Å²) in [6, 6.07) is 25.5. The molecule has 7 aliphatic rings. The molecule has 5 N–H and O–H groups in total. The molecule has 3 aromatic carbocycles. The van der Waals surface area contributed by atoms with Gasteiger partial charge in [0.25, 0.3) is 0 Å². The van der Waals surface area contributed by atoms with Gasteiger partial charge in [0, 0.05) is 133 Å². The second kappa shape index (κ2) is 36.5. The van der Waals surface area contributed by atoms with E-state index in [1.807, 2.05) is 141 Å². The molecule has 0 saturated carbocycles. The molecule has 25 nitrogen and oxygen atoms in total. The standard InChI is InChI=1S/C26H32N6O3.C19H29BN2O4.C13H20BNO2.C13H15ClN4O.C5H8F3NO.ClH/c1-18-4-5-21(28-26(33)32-7-6-22(17-32)34-3)14-23(18)19-12-24(20-15-27-30(2)16-20)29-25(13-19)31-8-10-35-11-9-31;1-13-7-8-14(21-17(23)22-10-9-15(12-22)24-6)11-16(13)20-25-18(2,3)19(4,5)26-20;1-9-6-7-10(15)8-11(9)14-16-12(2,3)13(4,5)17-14;1-17-9-10(8-15-17)12-6-11(14)7-13(16-12)18-2-4-19-5-3-18;6-5(7,8)10-4-1-2-9-3-4;/h4-5,12-16,22H,6-11,17H2,1-3H3,(H,28,33);7-8,11,15H,9-10,12H2,1-6H3,(H,21,23);6-8H,15H2,1-5H3;6-9H,2-5H2,1H3;4,9H,1-3H2;1H/t22-;15-;;;4-;/m11..1./s1. The van der Waals surface area contributed by atoms with Crippen LogP contribution in [0.1, 0.15) is 91.3 Å². The number of ether oxygens (including phenoxy) is 5. The lowest BCUT2D eigenvalue weighted by Gasteiger charge is -2.32. The molecule has 0 unspecified atom stereocenters. The van der Waals surface area contributed by atoms with E-state index in [-0.39, 0.29) is 55.0 Å². The summed E-state index contributed by atoms with van der Waals surface area (Å²) in [5.74, 6) is 1.82. The highest BCUT2D eigenvalue weighted by Crippen LogP contribution is 2.39. The van der Waals surface area contributed by atoms with Gasteiger partial charge in [0.1, 0.15) is 11.6 Å². The number of benzene rings is 3. The van der Waals surface area contributed by atoms with Crippen molar-refractivity contribution in [3.05, 3.63) is 125 Å². The summed E-state index contributed by atoms with van der Waals surface area (Å²) in [7, 11) is 6.39. The van der Waals surface area contributed by atoms with Crippen LogP contribution in [0.3, 0.4) is 0 Å². The van der Waals surface area contributed by atoms with Crippen molar-refractivity contribution in [2.45, 2.75) is 143 Å². The van der Waals surface area contributed by atoms with Crippen molar-refractivity contribution < 1.29 is 65.1 Å². The molecule has 0 aliphatic carbocycles. The zero-order valence-electron chi connectivity index (χ0n) is 64.7. The number of carbonyl (C=O) groups is 2. The Balaban J connectivity index is 0.000000164. The molecule has 32 heteroatoms. The Hall–Kier alpha value is -7.58. The molecule has 586 valence electrons. The van der Waals surface area contributed by atoms with Crippen molar-refractivity contribution in [3.63, 3.8) is 0 Å². The summed E-state index contributed by atoms with van der Waals surface area (Å²) in [6.45, 7) is 32.2. The van der Waals surface area contributed by atoms with E-state index in [2.05, 4.69) is 92.4 Å². The Morgan fingerprint density at radius 2 is 1.03 bits per heavy atom. The monoisotopic (exact) mass is 1540 g/mol. The van der Waals surface area contributed by atoms with Crippen LogP contribution in [-0.4, -0.2) is 219 Å². The number of hydrogen-bond acceptors (Lipinski definition) is 19. The predicted octanol–water partition coefficient (Wildman–Crippen LogP) is 11.2. The van der Waals surface area contributed by atoms with Crippen molar-refractivity contribution in [1.82, 2.24) is 44.6 Å². The van der Waals surface area contributed by atoms with E-state index < -0.39 is 30.8 Å². The quantitative estimate of drug-likeness (QED) is 0.0655. The van der Waals surface area contributed by atoms with Crippen molar-refractivity contribution in [1.29, 1.82) is 0 Å². The molecule has 0 spiro atoms. The number of hydrogen-bond donors (Lipinski definition) is 4. The van der Waals surface area contributed by atoms with E-state index in [9.17, 15) is 22.8 Å². The van der Waals surface area contributed by atoms with Crippen LogP contribution in [0.25, 0.3) is 33.6 Å². The SMILES string of the molecule is CO[C@@H]1CCN(C(=O)Nc2ccc(C)c(-c3cc(-c4cnn(C)c4)nc(N4CCOCC4)c3)c2)C1.CO[C@@H]1CCN(C(=O)Nc2ccc(C)c(B3OC(C)(C)C(C)(C)O3)c2)C1.Cc1ccc(N)cc1B1OC(C)(C)C(C)(C)O1.Cl.Cn1cc(-c2cc(Cl)cc(N3CCOCC3)n2)cn1.FC(F)(F)O[C@@H]1CCNC1. The number of likely N-dealkylation sites (tertiary alicyclic amines) is 2. The zero-order chi connectivity index (χ0) is 77.2. The van der Waals surface area contributed by atoms with Crippen LogP contribution in [0.4, 0.5) is 51.5 Å². The molecule has 4 aromatic heterocycles. The molecule has 7 aromatic rings. The van der Waals surface area contributed by atoms with Gasteiger partial charge in [-0.05, 0) is 190 Å². The number of nitrogens with one attached hydrogen (secondary N) is 3. The first-order valence-corrected chi connectivity index (χ1v) is 36.8. The summed E-state index contributed by atoms with van der Waals surface area (Å²) in [6.07, 6.45) is 4.79. The minimum atomic E-state index is -4.48. The summed E-state index contributed by atoms with van der Waals surface area (Å²) >= 11 is 6.20. The number of anilines is 5. The molecule has 14 rings (SSSR count). The lowest BCUT2D eigenvalue weighted by Crippen LogP contribution is -2.41. The third-order valence-corrected chi connectivity index (χ3v) is 21.0. The molecule has 7 aliphatic heterocycles. The number of nitrogens with zero attached hydrogens (tertiary/aromatic N) is 10. The maximum absolute atomic E-state index is 12.8. The van der Waals surface area contributed by atoms with Crippen LogP contribution in [-0.2, 0) is 56.4 Å². The first kappa shape index (κ1) is 84.4. The molecular weight excluding hydrogens is 1430 g/mol. The average molecular weight is 1540 g/mol. The van der Waals surface area contributed by atoms with E-state index in [1.165, 1.54) is 0 Å². The number of methoxy groups -OCH3 is 2. The number of aryl methyl sites for hydroxylation is 5. The smallest absolute Gasteiger partial charge is 0.399 e. The van der Waals surface area contributed by atoms with Gasteiger partial charge in [-0.15, -0.1) is 25.6 Å². The van der Waals surface area contributed by atoms with E-state index in [0.717, 1.165) is 142 Å². The Labute approximate surface area is 644 Å². The van der Waals surface area contributed by atoms with Crippen LogP contribution in [0.5, 0.6) is 0 Å². The van der Waals surface area contributed by atoms with Gasteiger partial charge in [0.2, 0.25) is 0 Å². The Morgan fingerprint density at radius 3 is 1.46 bits per heavy atom. The topological polar surface area (TPSA) is 254 Å². The average Bonchev–Trinajstić information content (AvgIpc) is 1.42. The molecule has 0 radical (unpaired) electrons. The number of carbonyl (C=O) groups excluding carboxylic acids is 2. The third-order valence-electron chi connectivity index (χ3n) is 20.8. The van der Waals surface area contributed by atoms with Gasteiger partial charge in [-0.1, -0.05) is 40.9 Å². The molecule has 7 fully saturated rings. The molecule has 108 heavy (non-hydrogen) atoms. The first-order chi connectivity index (χ1) is 50.6. The zero-order valence-corrected chi connectivity index (χ0v) is 66.3.